The number of rotatable bonds is 4. The highest BCUT2D eigenvalue weighted by molar-refractivity contribution is 5.83. The molecule has 140 valence electrons. The SMILES string of the molecule is Cc1ccc(=O)n(CCN2CCN(c3cc(C)c4ccccc4n3)CC2)n1. The molecule has 3 aromatic rings. The predicted octanol–water partition coefficient (Wildman–Crippen LogP) is 2.23. The van der Waals surface area contributed by atoms with Crippen LogP contribution in [-0.2, 0) is 6.54 Å². The molecule has 1 aromatic carbocycles. The Labute approximate surface area is 159 Å². The predicted molar refractivity (Wildman–Crippen MR) is 108 cm³/mol. The molecule has 1 aliphatic heterocycles. The van der Waals surface area contributed by atoms with Crippen molar-refractivity contribution in [3.05, 3.63) is 64.1 Å². The molecular formula is C21H25N5O. The van der Waals surface area contributed by atoms with Crippen LogP contribution in [0.25, 0.3) is 10.9 Å². The van der Waals surface area contributed by atoms with Gasteiger partial charge in [-0.3, -0.25) is 9.69 Å². The van der Waals surface area contributed by atoms with Gasteiger partial charge in [0.2, 0.25) is 0 Å². The van der Waals surface area contributed by atoms with Gasteiger partial charge in [0.15, 0.2) is 0 Å². The quantitative estimate of drug-likeness (QED) is 0.712. The summed E-state index contributed by atoms with van der Waals surface area (Å²) < 4.78 is 1.57. The maximum atomic E-state index is 11.9. The Bertz CT molecular complexity index is 1000. The fourth-order valence-corrected chi connectivity index (χ4v) is 3.64. The first kappa shape index (κ1) is 17.7. The molecule has 0 spiro atoms. The van der Waals surface area contributed by atoms with Gasteiger partial charge < -0.3 is 4.90 Å². The number of pyridine rings is 1. The van der Waals surface area contributed by atoms with Crippen LogP contribution in [0.5, 0.6) is 0 Å². The Balaban J connectivity index is 1.39. The second-order valence-electron chi connectivity index (χ2n) is 7.18. The Hall–Kier alpha value is -2.73. The third-order valence-corrected chi connectivity index (χ3v) is 5.23. The van der Waals surface area contributed by atoms with Crippen molar-refractivity contribution in [1.29, 1.82) is 0 Å². The minimum atomic E-state index is -0.0323. The minimum absolute atomic E-state index is 0.0323. The van der Waals surface area contributed by atoms with Gasteiger partial charge >= 0.3 is 0 Å². The zero-order valence-corrected chi connectivity index (χ0v) is 15.9. The largest absolute Gasteiger partial charge is 0.354 e. The van der Waals surface area contributed by atoms with Crippen LogP contribution < -0.4 is 10.5 Å². The van der Waals surface area contributed by atoms with Crippen LogP contribution in [0.4, 0.5) is 5.82 Å². The van der Waals surface area contributed by atoms with Gasteiger partial charge in [0.25, 0.3) is 5.56 Å². The van der Waals surface area contributed by atoms with Gasteiger partial charge in [-0.05, 0) is 37.6 Å². The van der Waals surface area contributed by atoms with Crippen molar-refractivity contribution in [3.8, 4) is 0 Å². The molecule has 2 aromatic heterocycles. The van der Waals surface area contributed by atoms with Gasteiger partial charge in [-0.15, -0.1) is 0 Å². The van der Waals surface area contributed by atoms with Crippen LogP contribution >= 0.6 is 0 Å². The number of fused-ring (bicyclic) bond motifs is 1. The highest BCUT2D eigenvalue weighted by Gasteiger charge is 2.19. The molecule has 6 nitrogen and oxygen atoms in total. The zero-order valence-electron chi connectivity index (χ0n) is 15.9. The molecule has 0 aliphatic carbocycles. The summed E-state index contributed by atoms with van der Waals surface area (Å²) in [5, 5.41) is 5.53. The molecule has 0 bridgehead atoms. The lowest BCUT2D eigenvalue weighted by Gasteiger charge is -2.35. The number of aromatic nitrogens is 3. The van der Waals surface area contributed by atoms with Crippen molar-refractivity contribution in [2.45, 2.75) is 20.4 Å². The molecule has 4 rings (SSSR count). The van der Waals surface area contributed by atoms with Crippen LogP contribution in [0.3, 0.4) is 0 Å². The third kappa shape index (κ3) is 3.85. The van der Waals surface area contributed by atoms with Crippen LogP contribution in [0, 0.1) is 13.8 Å². The number of piperazine rings is 1. The minimum Gasteiger partial charge on any atom is -0.354 e. The van der Waals surface area contributed by atoms with Crippen molar-refractivity contribution < 1.29 is 0 Å². The first-order valence-corrected chi connectivity index (χ1v) is 9.48. The standard InChI is InChI=1S/C21H25N5O/c1-16-15-20(22-19-6-4-3-5-18(16)19)25-12-9-24(10-13-25)11-14-26-21(27)8-7-17(2)23-26/h3-8,15H,9-14H2,1-2H3. The lowest BCUT2D eigenvalue weighted by atomic mass is 10.1. The van der Waals surface area contributed by atoms with Crippen molar-refractivity contribution in [2.75, 3.05) is 37.6 Å². The highest BCUT2D eigenvalue weighted by atomic mass is 16.1. The summed E-state index contributed by atoms with van der Waals surface area (Å²) in [6.07, 6.45) is 0. The molecule has 0 amide bonds. The number of aryl methyl sites for hydroxylation is 2. The maximum Gasteiger partial charge on any atom is 0.266 e. The average Bonchev–Trinajstić information content (AvgIpc) is 2.69. The van der Waals surface area contributed by atoms with E-state index in [0.29, 0.717) is 6.54 Å². The van der Waals surface area contributed by atoms with E-state index in [1.165, 1.54) is 10.9 Å². The molecule has 1 saturated heterocycles. The number of benzene rings is 1. The molecule has 0 N–H and O–H groups in total. The van der Waals surface area contributed by atoms with Crippen LogP contribution in [0.15, 0.2) is 47.3 Å². The van der Waals surface area contributed by atoms with Crippen molar-refractivity contribution in [3.63, 3.8) is 0 Å². The second-order valence-corrected chi connectivity index (χ2v) is 7.18. The first-order valence-electron chi connectivity index (χ1n) is 9.48. The maximum absolute atomic E-state index is 11.9. The van der Waals surface area contributed by atoms with Crippen LogP contribution in [-0.4, -0.2) is 52.4 Å². The number of para-hydroxylation sites is 1. The summed E-state index contributed by atoms with van der Waals surface area (Å²) in [5.41, 5.74) is 3.16. The fourth-order valence-electron chi connectivity index (χ4n) is 3.64. The molecule has 27 heavy (non-hydrogen) atoms. The second kappa shape index (κ2) is 7.48. The van der Waals surface area contributed by atoms with Gasteiger partial charge in [0, 0.05) is 44.2 Å². The summed E-state index contributed by atoms with van der Waals surface area (Å²) >= 11 is 0. The monoisotopic (exact) mass is 363 g/mol. The lowest BCUT2D eigenvalue weighted by molar-refractivity contribution is 0.242. The molecule has 0 atom stereocenters. The lowest BCUT2D eigenvalue weighted by Crippen LogP contribution is -2.48. The Morgan fingerprint density at radius 1 is 0.963 bits per heavy atom. The van der Waals surface area contributed by atoms with Crippen LogP contribution in [0.2, 0.25) is 0 Å². The van der Waals surface area contributed by atoms with Crippen molar-refractivity contribution in [1.82, 2.24) is 19.7 Å². The normalized spacial score (nSPS) is 15.4. The topological polar surface area (TPSA) is 54.3 Å². The molecule has 6 heteroatoms. The van der Waals surface area contributed by atoms with E-state index in [1.54, 1.807) is 16.8 Å². The number of nitrogens with zero attached hydrogens (tertiary/aromatic N) is 5. The summed E-state index contributed by atoms with van der Waals surface area (Å²) in [6.45, 7) is 9.36. The Morgan fingerprint density at radius 3 is 2.56 bits per heavy atom. The summed E-state index contributed by atoms with van der Waals surface area (Å²) in [4.78, 5) is 21.5. The van der Waals surface area contributed by atoms with E-state index in [2.05, 4.69) is 46.1 Å². The smallest absolute Gasteiger partial charge is 0.266 e. The Morgan fingerprint density at radius 2 is 1.74 bits per heavy atom. The highest BCUT2D eigenvalue weighted by Crippen LogP contribution is 2.23. The van der Waals surface area contributed by atoms with E-state index in [1.807, 2.05) is 13.0 Å². The van der Waals surface area contributed by atoms with E-state index in [9.17, 15) is 4.79 Å². The summed E-state index contributed by atoms with van der Waals surface area (Å²) in [7, 11) is 0. The zero-order chi connectivity index (χ0) is 18.8. The van der Waals surface area contributed by atoms with E-state index in [-0.39, 0.29) is 5.56 Å². The average molecular weight is 363 g/mol. The number of hydrogen-bond donors (Lipinski definition) is 0. The van der Waals surface area contributed by atoms with E-state index < -0.39 is 0 Å². The van der Waals surface area contributed by atoms with E-state index in [0.717, 1.165) is 49.8 Å². The van der Waals surface area contributed by atoms with Crippen molar-refractivity contribution >= 4 is 16.7 Å². The molecule has 1 fully saturated rings. The van der Waals surface area contributed by atoms with Gasteiger partial charge in [-0.2, -0.15) is 5.10 Å². The van der Waals surface area contributed by atoms with Crippen molar-refractivity contribution in [2.24, 2.45) is 0 Å². The van der Waals surface area contributed by atoms with E-state index in [4.69, 9.17) is 4.98 Å². The summed E-state index contributed by atoms with van der Waals surface area (Å²) in [5.74, 6) is 1.06. The van der Waals surface area contributed by atoms with Gasteiger partial charge in [-0.1, -0.05) is 18.2 Å². The molecule has 0 unspecified atom stereocenters. The van der Waals surface area contributed by atoms with Gasteiger partial charge in [0.1, 0.15) is 5.82 Å². The van der Waals surface area contributed by atoms with E-state index >= 15 is 0 Å². The molecule has 0 radical (unpaired) electrons. The van der Waals surface area contributed by atoms with Gasteiger partial charge in [-0.25, -0.2) is 9.67 Å². The molecule has 0 saturated carbocycles. The fraction of sp³-hybridized carbons (Fsp3) is 0.381. The first-order chi connectivity index (χ1) is 13.1. The Kier molecular flexibility index (Phi) is 4.90. The van der Waals surface area contributed by atoms with Gasteiger partial charge in [0.05, 0.1) is 17.8 Å². The number of hydrogen-bond acceptors (Lipinski definition) is 5. The molecule has 1 aliphatic rings. The van der Waals surface area contributed by atoms with Crippen LogP contribution in [0.1, 0.15) is 11.3 Å². The third-order valence-electron chi connectivity index (χ3n) is 5.23. The molecule has 3 heterocycles. The molecular weight excluding hydrogens is 338 g/mol. The summed E-state index contributed by atoms with van der Waals surface area (Å²) in [6, 6.07) is 13.8. The number of anilines is 1.